The lowest BCUT2D eigenvalue weighted by Gasteiger charge is -2.15. The Morgan fingerprint density at radius 3 is 2.71 bits per heavy atom. The molecule has 17 heavy (non-hydrogen) atoms. The third-order valence-electron chi connectivity index (χ3n) is 2.82. The molecule has 94 valence electrons. The van der Waals surface area contributed by atoms with Gasteiger partial charge in [0, 0.05) is 11.6 Å². The van der Waals surface area contributed by atoms with Crippen LogP contribution in [0.2, 0.25) is 5.02 Å². The molecule has 1 aliphatic rings. The van der Waals surface area contributed by atoms with Crippen LogP contribution in [0, 0.1) is 5.82 Å². The Labute approximate surface area is 114 Å². The van der Waals surface area contributed by atoms with Crippen molar-refractivity contribution in [2.24, 2.45) is 0 Å². The Balaban J connectivity index is 1.89. The predicted molar refractivity (Wildman–Crippen MR) is 70.3 cm³/mol. The van der Waals surface area contributed by atoms with E-state index in [1.165, 1.54) is 18.9 Å². The summed E-state index contributed by atoms with van der Waals surface area (Å²) in [7, 11) is 0. The highest BCUT2D eigenvalue weighted by atomic mass is 79.9. The largest absolute Gasteiger partial charge is 0.488 e. The van der Waals surface area contributed by atoms with Gasteiger partial charge in [0.15, 0.2) is 11.6 Å². The Hall–Kier alpha value is -0.320. The first-order valence-corrected chi connectivity index (χ1v) is 6.83. The third-order valence-corrected chi connectivity index (χ3v) is 3.62. The number of hydrogen-bond acceptors (Lipinski definition) is 2. The van der Waals surface area contributed by atoms with Crippen LogP contribution >= 0.6 is 27.5 Å². The fourth-order valence-corrected chi connectivity index (χ4v) is 2.84. The van der Waals surface area contributed by atoms with E-state index in [4.69, 9.17) is 16.3 Å². The molecule has 5 heteroatoms. The van der Waals surface area contributed by atoms with Gasteiger partial charge < -0.3 is 4.74 Å². The van der Waals surface area contributed by atoms with Gasteiger partial charge in [-0.15, -0.1) is 0 Å². The summed E-state index contributed by atoms with van der Waals surface area (Å²) >= 11 is 8.97. The van der Waals surface area contributed by atoms with Gasteiger partial charge in [-0.1, -0.05) is 11.6 Å². The molecule has 0 aliphatic carbocycles. The minimum atomic E-state index is -0.425. The van der Waals surface area contributed by atoms with E-state index in [1.807, 2.05) is 0 Å². The van der Waals surface area contributed by atoms with Crippen molar-refractivity contribution in [3.63, 3.8) is 0 Å². The van der Waals surface area contributed by atoms with Crippen molar-refractivity contribution in [3.05, 3.63) is 27.4 Å². The molecule has 1 aromatic rings. The van der Waals surface area contributed by atoms with Gasteiger partial charge in [-0.2, -0.15) is 0 Å². The molecule has 1 fully saturated rings. The van der Waals surface area contributed by atoms with Crippen molar-refractivity contribution in [1.29, 1.82) is 0 Å². The first-order valence-electron chi connectivity index (χ1n) is 5.66. The van der Waals surface area contributed by atoms with Crippen LogP contribution in [0.3, 0.4) is 0 Å². The minimum absolute atomic E-state index is 0.244. The molecule has 0 N–H and O–H groups in total. The molecule has 0 bridgehead atoms. The molecule has 2 nitrogen and oxygen atoms in total. The monoisotopic (exact) mass is 321 g/mol. The number of benzene rings is 1. The molecule has 0 amide bonds. The van der Waals surface area contributed by atoms with Crippen LogP contribution in [0.25, 0.3) is 0 Å². The summed E-state index contributed by atoms with van der Waals surface area (Å²) in [4.78, 5) is 2.32. The zero-order chi connectivity index (χ0) is 12.3. The number of halogens is 3. The summed E-state index contributed by atoms with van der Waals surface area (Å²) in [5.41, 5.74) is 0. The van der Waals surface area contributed by atoms with Gasteiger partial charge in [0.05, 0.1) is 4.47 Å². The quantitative estimate of drug-likeness (QED) is 0.838. The Bertz CT molecular complexity index is 373. The zero-order valence-electron chi connectivity index (χ0n) is 9.39. The van der Waals surface area contributed by atoms with E-state index in [0.29, 0.717) is 16.1 Å². The van der Waals surface area contributed by atoms with Gasteiger partial charge in [-0.3, -0.25) is 4.90 Å². The Morgan fingerprint density at radius 1 is 1.35 bits per heavy atom. The average molecular weight is 323 g/mol. The van der Waals surface area contributed by atoms with Gasteiger partial charge in [0.25, 0.3) is 0 Å². The van der Waals surface area contributed by atoms with Crippen molar-refractivity contribution >= 4 is 27.5 Å². The first kappa shape index (κ1) is 13.1. The van der Waals surface area contributed by atoms with Crippen molar-refractivity contribution in [3.8, 4) is 5.75 Å². The molecule has 0 radical (unpaired) electrons. The lowest BCUT2D eigenvalue weighted by molar-refractivity contribution is 0.230. The normalized spacial score (nSPS) is 16.4. The molecule has 0 atom stereocenters. The number of likely N-dealkylation sites (tertiary alicyclic amines) is 1. The molecule has 1 aliphatic heterocycles. The molecule has 1 aromatic carbocycles. The highest BCUT2D eigenvalue weighted by molar-refractivity contribution is 9.10. The maximum absolute atomic E-state index is 13.6. The zero-order valence-corrected chi connectivity index (χ0v) is 11.7. The van der Waals surface area contributed by atoms with Crippen LogP contribution in [-0.4, -0.2) is 31.1 Å². The van der Waals surface area contributed by atoms with Gasteiger partial charge in [0.2, 0.25) is 0 Å². The van der Waals surface area contributed by atoms with E-state index >= 15 is 0 Å². The van der Waals surface area contributed by atoms with E-state index in [9.17, 15) is 4.39 Å². The Morgan fingerprint density at radius 2 is 2.06 bits per heavy atom. The standard InChI is InChI=1S/C12H14BrClFNO/c13-10-7-9(14)8-11(15)12(10)17-6-5-16-3-1-2-4-16/h7-8H,1-6H2. The molecule has 0 saturated carbocycles. The summed E-state index contributed by atoms with van der Waals surface area (Å²) in [5, 5.41) is 0.362. The van der Waals surface area contributed by atoms with Crippen LogP contribution in [0.1, 0.15) is 12.8 Å². The second-order valence-corrected chi connectivity index (χ2v) is 5.39. The number of nitrogens with zero attached hydrogens (tertiary/aromatic N) is 1. The Kier molecular flexibility index (Phi) is 4.65. The van der Waals surface area contributed by atoms with Crippen LogP contribution in [0.4, 0.5) is 4.39 Å². The molecule has 0 unspecified atom stereocenters. The molecule has 0 spiro atoms. The SMILES string of the molecule is Fc1cc(Cl)cc(Br)c1OCCN1CCCC1. The lowest BCUT2D eigenvalue weighted by Crippen LogP contribution is -2.25. The minimum Gasteiger partial charge on any atom is -0.488 e. The maximum Gasteiger partial charge on any atom is 0.169 e. The summed E-state index contributed by atoms with van der Waals surface area (Å²) in [6, 6.07) is 2.90. The number of ether oxygens (including phenoxy) is 1. The van der Waals surface area contributed by atoms with Gasteiger partial charge >= 0.3 is 0 Å². The van der Waals surface area contributed by atoms with E-state index in [0.717, 1.165) is 19.6 Å². The fourth-order valence-electron chi connectivity index (χ4n) is 1.95. The van der Waals surface area contributed by atoms with Crippen molar-refractivity contribution in [2.45, 2.75) is 12.8 Å². The number of rotatable bonds is 4. The van der Waals surface area contributed by atoms with Crippen LogP contribution in [0.15, 0.2) is 16.6 Å². The molecule has 1 saturated heterocycles. The summed E-state index contributed by atoms with van der Waals surface area (Å²) in [5.74, 6) is -0.181. The maximum atomic E-state index is 13.6. The van der Waals surface area contributed by atoms with Gasteiger partial charge in [-0.05, 0) is 54.0 Å². The average Bonchev–Trinajstić information content (AvgIpc) is 2.74. The second kappa shape index (κ2) is 6.03. The van der Waals surface area contributed by atoms with E-state index < -0.39 is 5.82 Å². The van der Waals surface area contributed by atoms with Crippen molar-refractivity contribution in [1.82, 2.24) is 4.90 Å². The molecule has 1 heterocycles. The fraction of sp³-hybridized carbons (Fsp3) is 0.500. The van der Waals surface area contributed by atoms with Crippen LogP contribution in [-0.2, 0) is 0 Å². The summed E-state index contributed by atoms with van der Waals surface area (Å²) < 4.78 is 19.6. The number of hydrogen-bond donors (Lipinski definition) is 0. The lowest BCUT2D eigenvalue weighted by atomic mass is 10.3. The molecule has 0 aromatic heterocycles. The predicted octanol–water partition coefficient (Wildman–Crippen LogP) is 3.72. The molecular formula is C12H14BrClFNO. The van der Waals surface area contributed by atoms with Gasteiger partial charge in [0.1, 0.15) is 6.61 Å². The van der Waals surface area contributed by atoms with Gasteiger partial charge in [-0.25, -0.2) is 4.39 Å². The molecular weight excluding hydrogens is 308 g/mol. The van der Waals surface area contributed by atoms with E-state index in [-0.39, 0.29) is 5.75 Å². The van der Waals surface area contributed by atoms with Crippen molar-refractivity contribution in [2.75, 3.05) is 26.2 Å². The van der Waals surface area contributed by atoms with Crippen molar-refractivity contribution < 1.29 is 9.13 Å². The first-order chi connectivity index (χ1) is 8.16. The van der Waals surface area contributed by atoms with E-state index in [1.54, 1.807) is 6.07 Å². The highest BCUT2D eigenvalue weighted by Crippen LogP contribution is 2.31. The molecule has 2 rings (SSSR count). The summed E-state index contributed by atoms with van der Waals surface area (Å²) in [6.07, 6.45) is 2.50. The van der Waals surface area contributed by atoms with Crippen LogP contribution < -0.4 is 4.74 Å². The third kappa shape index (κ3) is 3.57. The van der Waals surface area contributed by atoms with E-state index in [2.05, 4.69) is 20.8 Å². The highest BCUT2D eigenvalue weighted by Gasteiger charge is 2.13. The second-order valence-electron chi connectivity index (χ2n) is 4.10. The summed E-state index contributed by atoms with van der Waals surface area (Å²) in [6.45, 7) is 3.58. The van der Waals surface area contributed by atoms with Crippen LogP contribution in [0.5, 0.6) is 5.75 Å². The smallest absolute Gasteiger partial charge is 0.169 e. The topological polar surface area (TPSA) is 12.5 Å².